The molecule has 0 aliphatic rings. The number of carbonyl (C=O) groups excluding carboxylic acids is 1. The van der Waals surface area contributed by atoms with Gasteiger partial charge in [0.2, 0.25) is 0 Å². The van der Waals surface area contributed by atoms with Crippen LogP contribution in [0.2, 0.25) is 0 Å². The Morgan fingerprint density at radius 1 is 1.28 bits per heavy atom. The van der Waals surface area contributed by atoms with Gasteiger partial charge in [0, 0.05) is 4.90 Å². The molecule has 0 saturated carbocycles. The highest BCUT2D eigenvalue weighted by atomic mass is 32.2. The molecule has 5 N–H and O–H groups in total. The molecule has 7 heteroatoms. The highest BCUT2D eigenvalue weighted by molar-refractivity contribution is 7.98. The van der Waals surface area contributed by atoms with Crippen molar-refractivity contribution >= 4 is 24.1 Å². The van der Waals surface area contributed by atoms with E-state index >= 15 is 0 Å². The van der Waals surface area contributed by atoms with Crippen molar-refractivity contribution in [2.75, 3.05) is 0 Å². The Morgan fingerprint density at radius 2 is 1.78 bits per heavy atom. The molecule has 0 aliphatic heterocycles. The van der Waals surface area contributed by atoms with Crippen molar-refractivity contribution in [2.45, 2.75) is 24.7 Å². The lowest BCUT2D eigenvalue weighted by molar-refractivity contribution is 0.137. The molecule has 0 unspecified atom stereocenters. The lowest BCUT2D eigenvalue weighted by atomic mass is 10.0. The third-order valence-electron chi connectivity index (χ3n) is 1.80. The zero-order chi connectivity index (χ0) is 14.1. The molecule has 0 aliphatic carbocycles. The van der Waals surface area contributed by atoms with Crippen molar-refractivity contribution in [1.82, 2.24) is 4.72 Å². The number of carboxylic acid groups (broad SMARTS) is 2. The van der Waals surface area contributed by atoms with Gasteiger partial charge in [-0.25, -0.2) is 9.59 Å². The first kappa shape index (κ1) is 16.1. The first-order valence-corrected chi connectivity index (χ1v) is 5.89. The molecule has 18 heavy (non-hydrogen) atoms. The average Bonchev–Trinajstić information content (AvgIpc) is 2.25. The Kier molecular flexibility index (Phi) is 7.37. The van der Waals surface area contributed by atoms with Gasteiger partial charge in [0.1, 0.15) is 0 Å². The van der Waals surface area contributed by atoms with Gasteiger partial charge in [-0.05, 0) is 29.5 Å². The minimum absolute atomic E-state index is 0.438. The lowest BCUT2D eigenvalue weighted by Gasteiger charge is -2.11. The number of nitrogens with one attached hydrogen (secondary N) is 1. The van der Waals surface area contributed by atoms with E-state index in [2.05, 4.69) is 24.6 Å². The number of primary amides is 1. The second-order valence-electron chi connectivity index (χ2n) is 3.54. The van der Waals surface area contributed by atoms with Crippen LogP contribution in [0.25, 0.3) is 0 Å². The van der Waals surface area contributed by atoms with Crippen LogP contribution in [-0.4, -0.2) is 22.4 Å². The SMILES string of the molecule is CC(C)c1ccccc1SNC(N)=O.O=C(O)O. The number of rotatable bonds is 3. The Bertz CT molecular complexity index is 406. The second-order valence-corrected chi connectivity index (χ2v) is 4.39. The van der Waals surface area contributed by atoms with Gasteiger partial charge < -0.3 is 15.9 Å². The minimum Gasteiger partial charge on any atom is -0.450 e. The molecule has 0 fully saturated rings. The van der Waals surface area contributed by atoms with Gasteiger partial charge in [-0.2, -0.15) is 0 Å². The van der Waals surface area contributed by atoms with Crippen molar-refractivity contribution in [3.63, 3.8) is 0 Å². The molecule has 1 aromatic rings. The molecular formula is C11H16N2O4S. The van der Waals surface area contributed by atoms with E-state index in [-0.39, 0.29) is 0 Å². The number of benzene rings is 1. The largest absolute Gasteiger partial charge is 0.503 e. The molecule has 0 bridgehead atoms. The molecule has 2 amide bonds. The third-order valence-corrected chi connectivity index (χ3v) is 2.70. The molecule has 0 aromatic heterocycles. The molecule has 1 rings (SSSR count). The summed E-state index contributed by atoms with van der Waals surface area (Å²) < 4.78 is 2.51. The van der Waals surface area contributed by atoms with E-state index in [9.17, 15) is 4.79 Å². The van der Waals surface area contributed by atoms with Crippen LogP contribution in [0.4, 0.5) is 9.59 Å². The predicted octanol–water partition coefficient (Wildman–Crippen LogP) is 2.71. The Morgan fingerprint density at radius 3 is 2.22 bits per heavy atom. The van der Waals surface area contributed by atoms with E-state index in [1.54, 1.807) is 0 Å². The quantitative estimate of drug-likeness (QED) is 0.632. The topological polar surface area (TPSA) is 113 Å². The Labute approximate surface area is 109 Å². The van der Waals surface area contributed by atoms with E-state index in [4.69, 9.17) is 20.7 Å². The maximum absolute atomic E-state index is 10.5. The molecule has 0 spiro atoms. The van der Waals surface area contributed by atoms with Crippen molar-refractivity contribution in [2.24, 2.45) is 5.73 Å². The molecule has 0 atom stereocenters. The highest BCUT2D eigenvalue weighted by Crippen LogP contribution is 2.26. The standard InChI is InChI=1S/C10H14N2OS.CH2O3/c1-7(2)8-5-3-4-6-9(8)14-12-10(11)13;2-1(3)4/h3-7H,1-2H3,(H3,11,12,13);(H2,2,3,4). The van der Waals surface area contributed by atoms with Gasteiger partial charge in [-0.1, -0.05) is 32.0 Å². The fraction of sp³-hybridized carbons (Fsp3) is 0.273. The summed E-state index contributed by atoms with van der Waals surface area (Å²) in [4.78, 5) is 20.1. The van der Waals surface area contributed by atoms with Crippen molar-refractivity contribution < 1.29 is 19.8 Å². The third kappa shape index (κ3) is 7.39. The van der Waals surface area contributed by atoms with Crippen LogP contribution in [0.1, 0.15) is 25.3 Å². The lowest BCUT2D eigenvalue weighted by Crippen LogP contribution is -2.22. The number of hydrogen-bond acceptors (Lipinski definition) is 3. The van der Waals surface area contributed by atoms with Crippen LogP contribution < -0.4 is 10.5 Å². The van der Waals surface area contributed by atoms with Gasteiger partial charge in [-0.3, -0.25) is 4.72 Å². The number of amides is 2. The first-order chi connectivity index (χ1) is 8.34. The van der Waals surface area contributed by atoms with E-state index < -0.39 is 12.2 Å². The molecule has 1 aromatic carbocycles. The van der Waals surface area contributed by atoms with Crippen LogP contribution in [-0.2, 0) is 0 Å². The number of urea groups is 1. The summed E-state index contributed by atoms with van der Waals surface area (Å²) in [5, 5.41) is 13.9. The summed E-state index contributed by atoms with van der Waals surface area (Å²) >= 11 is 1.26. The van der Waals surface area contributed by atoms with E-state index in [0.717, 1.165) is 4.90 Å². The van der Waals surface area contributed by atoms with Gasteiger partial charge in [-0.15, -0.1) is 0 Å². The molecule has 6 nitrogen and oxygen atoms in total. The summed E-state index contributed by atoms with van der Waals surface area (Å²) in [6.45, 7) is 4.23. The van der Waals surface area contributed by atoms with Crippen LogP contribution in [0.5, 0.6) is 0 Å². The predicted molar refractivity (Wildman–Crippen MR) is 69.8 cm³/mol. The number of carbonyl (C=O) groups is 2. The second kappa shape index (κ2) is 8.24. The average molecular weight is 272 g/mol. The summed E-state index contributed by atoms with van der Waals surface area (Å²) in [6.07, 6.45) is -1.83. The van der Waals surface area contributed by atoms with Gasteiger partial charge in [0.15, 0.2) is 0 Å². The fourth-order valence-electron chi connectivity index (χ4n) is 1.16. The van der Waals surface area contributed by atoms with Crippen molar-refractivity contribution in [3.05, 3.63) is 29.8 Å². The Hall–Kier alpha value is -1.89. The zero-order valence-corrected chi connectivity index (χ0v) is 10.9. The first-order valence-electron chi connectivity index (χ1n) is 5.07. The van der Waals surface area contributed by atoms with Crippen LogP contribution in [0, 0.1) is 0 Å². The summed E-state index contributed by atoms with van der Waals surface area (Å²) in [7, 11) is 0. The van der Waals surface area contributed by atoms with Gasteiger partial charge >= 0.3 is 12.2 Å². The monoisotopic (exact) mass is 272 g/mol. The molecule has 100 valence electrons. The van der Waals surface area contributed by atoms with Crippen LogP contribution in [0.3, 0.4) is 0 Å². The van der Waals surface area contributed by atoms with Crippen molar-refractivity contribution in [3.8, 4) is 0 Å². The van der Waals surface area contributed by atoms with E-state index in [1.807, 2.05) is 18.2 Å². The zero-order valence-electron chi connectivity index (χ0n) is 10.1. The van der Waals surface area contributed by atoms with Crippen LogP contribution >= 0.6 is 11.9 Å². The fourth-order valence-corrected chi connectivity index (χ4v) is 1.93. The summed E-state index contributed by atoms with van der Waals surface area (Å²) in [6, 6.07) is 7.43. The molecule has 0 saturated heterocycles. The van der Waals surface area contributed by atoms with E-state index in [1.165, 1.54) is 17.5 Å². The summed E-state index contributed by atoms with van der Waals surface area (Å²) in [5.74, 6) is 0.438. The molecule has 0 radical (unpaired) electrons. The molecule has 0 heterocycles. The van der Waals surface area contributed by atoms with Crippen LogP contribution in [0.15, 0.2) is 29.2 Å². The maximum atomic E-state index is 10.5. The number of hydrogen-bond donors (Lipinski definition) is 4. The minimum atomic E-state index is -1.83. The highest BCUT2D eigenvalue weighted by Gasteiger charge is 2.06. The van der Waals surface area contributed by atoms with Gasteiger partial charge in [0.25, 0.3) is 0 Å². The molecular weight excluding hydrogens is 256 g/mol. The maximum Gasteiger partial charge on any atom is 0.503 e. The van der Waals surface area contributed by atoms with Gasteiger partial charge in [0.05, 0.1) is 0 Å². The Balaban J connectivity index is 0.000000631. The van der Waals surface area contributed by atoms with E-state index in [0.29, 0.717) is 5.92 Å². The van der Waals surface area contributed by atoms with Crippen molar-refractivity contribution in [1.29, 1.82) is 0 Å². The summed E-state index contributed by atoms with van der Waals surface area (Å²) in [5.41, 5.74) is 6.21. The normalized spacial score (nSPS) is 9.28. The number of nitrogens with two attached hydrogens (primary N) is 1. The smallest absolute Gasteiger partial charge is 0.450 e.